The summed E-state index contributed by atoms with van der Waals surface area (Å²) < 4.78 is 7.56. The Morgan fingerprint density at radius 2 is 2.12 bits per heavy atom. The Kier molecular flexibility index (Phi) is 4.81. The van der Waals surface area contributed by atoms with Crippen molar-refractivity contribution in [3.8, 4) is 0 Å². The number of nitrogens with zero attached hydrogens (tertiary/aromatic N) is 3. The number of carbonyl (C=O) groups excluding carboxylic acids is 1. The van der Waals surface area contributed by atoms with Crippen molar-refractivity contribution >= 4 is 40.8 Å². The number of imidazole rings is 1. The zero-order valence-corrected chi connectivity index (χ0v) is 19.2. The molecule has 4 heterocycles. The van der Waals surface area contributed by atoms with Gasteiger partial charge in [-0.3, -0.25) is 14.0 Å². The molecular weight excluding hydrogens is 436 g/mol. The molecule has 1 amide bonds. The van der Waals surface area contributed by atoms with Crippen LogP contribution in [0.4, 0.5) is 5.69 Å². The summed E-state index contributed by atoms with van der Waals surface area (Å²) in [6.45, 7) is 4.03. The van der Waals surface area contributed by atoms with Gasteiger partial charge in [-0.15, -0.1) is 12.6 Å². The molecule has 0 bridgehead atoms. The second-order valence-corrected chi connectivity index (χ2v) is 9.41. The highest BCUT2D eigenvalue weighted by Gasteiger charge is 2.28. The second-order valence-electron chi connectivity index (χ2n) is 8.93. The molecule has 1 fully saturated rings. The molecule has 0 radical (unpaired) electrons. The summed E-state index contributed by atoms with van der Waals surface area (Å²) in [7, 11) is 0. The lowest BCUT2D eigenvalue weighted by molar-refractivity contribution is 0.0780. The number of hydrogen-bond acceptors (Lipinski definition) is 5. The number of carbonyl (C=O) groups is 1. The summed E-state index contributed by atoms with van der Waals surface area (Å²) in [5.41, 5.74) is 5.40. The highest BCUT2D eigenvalue weighted by Crippen LogP contribution is 2.33. The molecule has 6 rings (SSSR count). The predicted octanol–water partition coefficient (Wildman–Crippen LogP) is 3.87. The standard InChI is InChI=1S/C25H24N4O3S/c1-14-4-5-19-15(9-14)6-7-28(19)25(31)17-10-18-20(11-22(17)33)29-21(24(30)27-18)12-26-23(29)16-3-2-8-32-13-16/h4-5,9-12,16,33H,2-3,6-8,13H2,1H3,(H,27,30). The first-order valence-corrected chi connectivity index (χ1v) is 11.7. The molecule has 2 aromatic carbocycles. The third kappa shape index (κ3) is 3.28. The number of benzene rings is 2. The van der Waals surface area contributed by atoms with E-state index in [9.17, 15) is 9.59 Å². The summed E-state index contributed by atoms with van der Waals surface area (Å²) in [4.78, 5) is 36.2. The molecule has 4 aromatic rings. The number of nitrogens with one attached hydrogen (secondary N) is 1. The summed E-state index contributed by atoms with van der Waals surface area (Å²) >= 11 is 4.69. The van der Waals surface area contributed by atoms with Gasteiger partial charge in [-0.1, -0.05) is 17.7 Å². The van der Waals surface area contributed by atoms with Crippen LogP contribution >= 0.6 is 12.6 Å². The van der Waals surface area contributed by atoms with E-state index in [-0.39, 0.29) is 17.4 Å². The third-order valence-electron chi connectivity index (χ3n) is 6.76. The number of rotatable bonds is 2. The Hall–Kier alpha value is -3.10. The van der Waals surface area contributed by atoms with Gasteiger partial charge in [0.1, 0.15) is 11.3 Å². The summed E-state index contributed by atoms with van der Waals surface area (Å²) in [5, 5.41) is 0. The van der Waals surface area contributed by atoms with E-state index in [1.807, 2.05) is 22.6 Å². The molecular formula is C25H24N4O3S. The van der Waals surface area contributed by atoms with Gasteiger partial charge >= 0.3 is 0 Å². The first-order chi connectivity index (χ1) is 16.0. The molecule has 33 heavy (non-hydrogen) atoms. The number of aromatic amines is 1. The van der Waals surface area contributed by atoms with Crippen molar-refractivity contribution < 1.29 is 9.53 Å². The molecule has 2 aliphatic rings. The lowest BCUT2D eigenvalue weighted by atomic mass is 10.0. The first kappa shape index (κ1) is 20.5. The number of aryl methyl sites for hydroxylation is 1. The van der Waals surface area contributed by atoms with Crippen LogP contribution in [0.1, 0.15) is 46.1 Å². The number of aromatic nitrogens is 3. The summed E-state index contributed by atoms with van der Waals surface area (Å²) in [5.74, 6) is 0.828. The molecule has 1 atom stereocenters. The zero-order valence-electron chi connectivity index (χ0n) is 18.3. The maximum absolute atomic E-state index is 13.5. The number of ether oxygens (including phenoxy) is 1. The van der Waals surface area contributed by atoms with Crippen molar-refractivity contribution in [1.29, 1.82) is 0 Å². The smallest absolute Gasteiger partial charge is 0.274 e. The Bertz CT molecular complexity index is 1480. The third-order valence-corrected chi connectivity index (χ3v) is 7.13. The molecule has 0 spiro atoms. The minimum absolute atomic E-state index is 0.114. The quantitative estimate of drug-likeness (QED) is 0.445. The van der Waals surface area contributed by atoms with E-state index in [1.165, 1.54) is 11.1 Å². The first-order valence-electron chi connectivity index (χ1n) is 11.3. The van der Waals surface area contributed by atoms with E-state index < -0.39 is 0 Å². The van der Waals surface area contributed by atoms with Gasteiger partial charge in [-0.05, 0) is 49.9 Å². The largest absolute Gasteiger partial charge is 0.381 e. The van der Waals surface area contributed by atoms with E-state index >= 15 is 0 Å². The fraction of sp³-hybridized carbons (Fsp3) is 0.320. The van der Waals surface area contributed by atoms with E-state index in [2.05, 4.69) is 35.6 Å². The van der Waals surface area contributed by atoms with Gasteiger partial charge in [0.05, 0.1) is 29.4 Å². The molecule has 1 N–H and O–H groups in total. The van der Waals surface area contributed by atoms with Crippen molar-refractivity contribution in [2.45, 2.75) is 37.0 Å². The Morgan fingerprint density at radius 1 is 1.24 bits per heavy atom. The number of anilines is 1. The number of H-pyrrole nitrogens is 1. The van der Waals surface area contributed by atoms with E-state index in [0.29, 0.717) is 34.6 Å². The lowest BCUT2D eigenvalue weighted by Crippen LogP contribution is -2.29. The topological polar surface area (TPSA) is 79.7 Å². The van der Waals surface area contributed by atoms with Gasteiger partial charge in [0, 0.05) is 29.7 Å². The number of hydrogen-bond donors (Lipinski definition) is 2. The average Bonchev–Trinajstić information content (AvgIpc) is 3.44. The van der Waals surface area contributed by atoms with Crippen LogP contribution in [-0.2, 0) is 11.2 Å². The second kappa shape index (κ2) is 7.74. The Balaban J connectivity index is 1.48. The van der Waals surface area contributed by atoms with Crippen molar-refractivity contribution in [1.82, 2.24) is 14.4 Å². The van der Waals surface area contributed by atoms with Crippen LogP contribution in [0.5, 0.6) is 0 Å². The molecule has 1 unspecified atom stereocenters. The Morgan fingerprint density at radius 3 is 2.94 bits per heavy atom. The van der Waals surface area contributed by atoms with Crippen molar-refractivity contribution in [2.24, 2.45) is 0 Å². The van der Waals surface area contributed by atoms with E-state index in [4.69, 9.17) is 4.74 Å². The van der Waals surface area contributed by atoms with Gasteiger partial charge < -0.3 is 14.6 Å². The molecule has 2 aliphatic heterocycles. The molecule has 7 nitrogen and oxygen atoms in total. The molecule has 2 aromatic heterocycles. The van der Waals surface area contributed by atoms with Crippen LogP contribution < -0.4 is 10.5 Å². The van der Waals surface area contributed by atoms with Gasteiger partial charge in [0.25, 0.3) is 11.5 Å². The maximum Gasteiger partial charge on any atom is 0.274 e. The van der Waals surface area contributed by atoms with Crippen LogP contribution in [0.2, 0.25) is 0 Å². The lowest BCUT2D eigenvalue weighted by Gasteiger charge is -2.22. The van der Waals surface area contributed by atoms with Gasteiger partial charge in [-0.25, -0.2) is 4.98 Å². The van der Waals surface area contributed by atoms with Crippen molar-refractivity contribution in [2.75, 3.05) is 24.7 Å². The van der Waals surface area contributed by atoms with Gasteiger partial charge in [-0.2, -0.15) is 0 Å². The van der Waals surface area contributed by atoms with E-state index in [1.54, 1.807) is 17.2 Å². The molecule has 0 aliphatic carbocycles. The van der Waals surface area contributed by atoms with Crippen LogP contribution in [0.25, 0.3) is 16.6 Å². The number of amides is 1. The normalized spacial score (nSPS) is 18.2. The SMILES string of the molecule is Cc1ccc2c(c1)CCN2C(=O)c1cc2[nH]c(=O)c3cnc(C4CCCOC4)n3c2cc1S. The van der Waals surface area contributed by atoms with Crippen LogP contribution in [0, 0.1) is 6.92 Å². The molecule has 1 saturated heterocycles. The van der Waals surface area contributed by atoms with Crippen LogP contribution in [0.15, 0.2) is 46.2 Å². The average molecular weight is 461 g/mol. The van der Waals surface area contributed by atoms with Crippen molar-refractivity contribution in [3.05, 3.63) is 69.4 Å². The van der Waals surface area contributed by atoms with Gasteiger partial charge in [0.15, 0.2) is 0 Å². The van der Waals surface area contributed by atoms with E-state index in [0.717, 1.165) is 42.9 Å². The summed E-state index contributed by atoms with van der Waals surface area (Å²) in [6, 6.07) is 9.76. The molecule has 8 heteroatoms. The van der Waals surface area contributed by atoms with Crippen LogP contribution in [0.3, 0.4) is 0 Å². The van der Waals surface area contributed by atoms with Crippen molar-refractivity contribution in [3.63, 3.8) is 0 Å². The minimum Gasteiger partial charge on any atom is -0.381 e. The zero-order chi connectivity index (χ0) is 22.7. The number of thiol groups is 1. The molecule has 168 valence electrons. The van der Waals surface area contributed by atoms with Gasteiger partial charge in [0.2, 0.25) is 0 Å². The minimum atomic E-state index is -0.231. The Labute approximate surface area is 195 Å². The maximum atomic E-state index is 13.5. The predicted molar refractivity (Wildman–Crippen MR) is 130 cm³/mol. The monoisotopic (exact) mass is 460 g/mol. The number of fused-ring (bicyclic) bond motifs is 4. The fourth-order valence-corrected chi connectivity index (χ4v) is 5.40. The summed E-state index contributed by atoms with van der Waals surface area (Å²) in [6.07, 6.45) is 4.37. The molecule has 0 saturated carbocycles. The highest BCUT2D eigenvalue weighted by atomic mass is 32.1. The van der Waals surface area contributed by atoms with Crippen LogP contribution in [-0.4, -0.2) is 40.0 Å². The highest BCUT2D eigenvalue weighted by molar-refractivity contribution is 7.80. The fourth-order valence-electron chi connectivity index (χ4n) is 5.12.